The van der Waals surface area contributed by atoms with Gasteiger partial charge in [-0.25, -0.2) is 0 Å². The number of pyridine rings is 1. The number of hydrogen-bond acceptors (Lipinski definition) is 4. The van der Waals surface area contributed by atoms with Crippen LogP contribution in [0.4, 0.5) is 11.4 Å². The highest BCUT2D eigenvalue weighted by Gasteiger charge is 2.23. The number of aromatic nitrogens is 1. The van der Waals surface area contributed by atoms with E-state index < -0.39 is 10.2 Å². The molecule has 0 atom stereocenters. The van der Waals surface area contributed by atoms with Gasteiger partial charge in [-0.1, -0.05) is 12.8 Å². The zero-order valence-corrected chi connectivity index (χ0v) is 11.0. The highest BCUT2D eigenvalue weighted by Crippen LogP contribution is 2.20. The molecule has 1 saturated heterocycles. The summed E-state index contributed by atoms with van der Waals surface area (Å²) in [5.41, 5.74) is 6.39. The Morgan fingerprint density at radius 2 is 1.89 bits per heavy atom. The monoisotopic (exact) mass is 270 g/mol. The van der Waals surface area contributed by atoms with E-state index in [4.69, 9.17) is 5.73 Å². The summed E-state index contributed by atoms with van der Waals surface area (Å²) in [6.45, 7) is 1.14. The lowest BCUT2D eigenvalue weighted by atomic mass is 10.2. The summed E-state index contributed by atoms with van der Waals surface area (Å²) in [5, 5.41) is 0. The Balaban J connectivity index is 2.13. The second-order valence-electron chi connectivity index (χ2n) is 4.38. The first kappa shape index (κ1) is 13.1. The summed E-state index contributed by atoms with van der Waals surface area (Å²) in [5.74, 6) is 0. The fraction of sp³-hybridized carbons (Fsp3) is 0.545. The molecule has 18 heavy (non-hydrogen) atoms. The Kier molecular flexibility index (Phi) is 4.03. The van der Waals surface area contributed by atoms with Crippen LogP contribution < -0.4 is 10.5 Å². The van der Waals surface area contributed by atoms with Crippen LogP contribution >= 0.6 is 0 Å². The van der Waals surface area contributed by atoms with E-state index in [9.17, 15) is 8.42 Å². The van der Waals surface area contributed by atoms with Gasteiger partial charge in [0.25, 0.3) is 0 Å². The minimum absolute atomic E-state index is 0.330. The zero-order valence-electron chi connectivity index (χ0n) is 10.2. The van der Waals surface area contributed by atoms with Gasteiger partial charge in [-0.15, -0.1) is 0 Å². The number of anilines is 2. The third-order valence-corrected chi connectivity index (χ3v) is 4.52. The van der Waals surface area contributed by atoms with Crippen molar-refractivity contribution in [2.24, 2.45) is 0 Å². The number of nitrogens with two attached hydrogens (primary N) is 1. The van der Waals surface area contributed by atoms with Crippen LogP contribution in [0, 0.1) is 0 Å². The van der Waals surface area contributed by atoms with Crippen LogP contribution in [0.5, 0.6) is 0 Å². The molecule has 1 aliphatic heterocycles. The minimum Gasteiger partial charge on any atom is -0.396 e. The van der Waals surface area contributed by atoms with Gasteiger partial charge in [0.1, 0.15) is 0 Å². The number of rotatable bonds is 3. The molecule has 2 heterocycles. The average Bonchev–Trinajstić information content (AvgIpc) is 2.61. The Hall–Kier alpha value is -1.34. The molecule has 1 aliphatic rings. The van der Waals surface area contributed by atoms with Crippen molar-refractivity contribution in [1.29, 1.82) is 0 Å². The van der Waals surface area contributed by atoms with Crippen molar-refractivity contribution >= 4 is 21.6 Å². The Morgan fingerprint density at radius 1 is 1.22 bits per heavy atom. The van der Waals surface area contributed by atoms with Crippen LogP contribution in [0.15, 0.2) is 18.5 Å². The van der Waals surface area contributed by atoms with Crippen molar-refractivity contribution in [1.82, 2.24) is 9.29 Å². The molecule has 1 aromatic heterocycles. The third kappa shape index (κ3) is 3.11. The van der Waals surface area contributed by atoms with Crippen LogP contribution in [0.1, 0.15) is 25.7 Å². The summed E-state index contributed by atoms with van der Waals surface area (Å²) in [6, 6.07) is 1.56. The summed E-state index contributed by atoms with van der Waals surface area (Å²) < 4.78 is 28.4. The van der Waals surface area contributed by atoms with E-state index >= 15 is 0 Å². The molecule has 100 valence electrons. The van der Waals surface area contributed by atoms with Gasteiger partial charge in [-0.2, -0.15) is 12.7 Å². The summed E-state index contributed by atoms with van der Waals surface area (Å²) in [6.07, 6.45) is 6.93. The van der Waals surface area contributed by atoms with Gasteiger partial charge in [-0.3, -0.25) is 9.71 Å². The first-order chi connectivity index (χ1) is 8.59. The molecule has 0 spiro atoms. The maximum absolute atomic E-state index is 12.2. The maximum Gasteiger partial charge on any atom is 0.301 e. The van der Waals surface area contributed by atoms with E-state index in [2.05, 4.69) is 9.71 Å². The number of hydrogen-bond donors (Lipinski definition) is 2. The quantitative estimate of drug-likeness (QED) is 0.863. The highest BCUT2D eigenvalue weighted by molar-refractivity contribution is 7.90. The molecule has 7 heteroatoms. The Labute approximate surface area is 107 Å². The standard InChI is InChI=1S/C11H18N4O2S/c12-10-9-13-6-5-11(10)14-18(16,17)15-7-3-1-2-4-8-15/h5-6,9H,1-4,7-8,12H2,(H,13,14). The molecule has 0 amide bonds. The van der Waals surface area contributed by atoms with E-state index in [0.29, 0.717) is 24.5 Å². The minimum atomic E-state index is -3.51. The molecule has 2 rings (SSSR count). The van der Waals surface area contributed by atoms with E-state index in [1.165, 1.54) is 16.7 Å². The molecule has 0 bridgehead atoms. The second-order valence-corrected chi connectivity index (χ2v) is 6.05. The van der Waals surface area contributed by atoms with Gasteiger partial charge in [-0.05, 0) is 18.9 Å². The number of nitrogens with one attached hydrogen (secondary N) is 1. The van der Waals surface area contributed by atoms with Crippen LogP contribution in [-0.2, 0) is 10.2 Å². The fourth-order valence-electron chi connectivity index (χ4n) is 1.99. The molecular formula is C11H18N4O2S. The van der Waals surface area contributed by atoms with E-state index in [1.807, 2.05) is 0 Å². The van der Waals surface area contributed by atoms with E-state index in [1.54, 1.807) is 6.07 Å². The van der Waals surface area contributed by atoms with Crippen molar-refractivity contribution in [2.45, 2.75) is 25.7 Å². The Morgan fingerprint density at radius 3 is 2.50 bits per heavy atom. The smallest absolute Gasteiger partial charge is 0.301 e. The third-order valence-electron chi connectivity index (χ3n) is 3.00. The summed E-state index contributed by atoms with van der Waals surface area (Å²) in [4.78, 5) is 3.83. The van der Waals surface area contributed by atoms with Gasteiger partial charge in [0.15, 0.2) is 0 Å². The van der Waals surface area contributed by atoms with Crippen molar-refractivity contribution in [3.05, 3.63) is 18.5 Å². The predicted octanol–water partition coefficient (Wildman–Crippen LogP) is 1.20. The predicted molar refractivity (Wildman–Crippen MR) is 71.2 cm³/mol. The molecule has 0 saturated carbocycles. The van der Waals surface area contributed by atoms with Gasteiger partial charge in [0.2, 0.25) is 0 Å². The van der Waals surface area contributed by atoms with Crippen molar-refractivity contribution in [2.75, 3.05) is 23.5 Å². The molecule has 1 fully saturated rings. The van der Waals surface area contributed by atoms with Gasteiger partial charge in [0.05, 0.1) is 17.6 Å². The average molecular weight is 270 g/mol. The Bertz CT molecular complexity index is 496. The van der Waals surface area contributed by atoms with Gasteiger partial charge in [0, 0.05) is 19.3 Å². The molecule has 0 unspecified atom stereocenters. The van der Waals surface area contributed by atoms with E-state index in [-0.39, 0.29) is 0 Å². The topological polar surface area (TPSA) is 88.3 Å². The normalized spacial score (nSPS) is 18.2. The lowest BCUT2D eigenvalue weighted by Gasteiger charge is -2.21. The molecular weight excluding hydrogens is 252 g/mol. The number of nitrogen functional groups attached to an aromatic ring is 1. The van der Waals surface area contributed by atoms with Crippen LogP contribution in [0.25, 0.3) is 0 Å². The van der Waals surface area contributed by atoms with Gasteiger partial charge < -0.3 is 5.73 Å². The van der Waals surface area contributed by atoms with Crippen LogP contribution in [0.2, 0.25) is 0 Å². The number of nitrogens with zero attached hydrogens (tertiary/aromatic N) is 2. The van der Waals surface area contributed by atoms with Crippen LogP contribution in [0.3, 0.4) is 0 Å². The maximum atomic E-state index is 12.2. The molecule has 6 nitrogen and oxygen atoms in total. The van der Waals surface area contributed by atoms with Crippen molar-refractivity contribution in [3.8, 4) is 0 Å². The molecule has 0 radical (unpaired) electrons. The van der Waals surface area contributed by atoms with Crippen molar-refractivity contribution < 1.29 is 8.42 Å². The second kappa shape index (κ2) is 5.53. The molecule has 1 aromatic rings. The van der Waals surface area contributed by atoms with Crippen molar-refractivity contribution in [3.63, 3.8) is 0 Å². The zero-order chi connectivity index (χ0) is 13.0. The largest absolute Gasteiger partial charge is 0.396 e. The van der Waals surface area contributed by atoms with E-state index in [0.717, 1.165) is 25.7 Å². The SMILES string of the molecule is Nc1cnccc1NS(=O)(=O)N1CCCCCC1. The molecule has 0 aliphatic carbocycles. The fourth-order valence-corrected chi connectivity index (χ4v) is 3.32. The summed E-state index contributed by atoms with van der Waals surface area (Å²) >= 11 is 0. The first-order valence-electron chi connectivity index (χ1n) is 6.07. The molecule has 0 aromatic carbocycles. The molecule has 3 N–H and O–H groups in total. The lowest BCUT2D eigenvalue weighted by molar-refractivity contribution is 0.427. The highest BCUT2D eigenvalue weighted by atomic mass is 32.2. The lowest BCUT2D eigenvalue weighted by Crippen LogP contribution is -2.36. The van der Waals surface area contributed by atoms with Gasteiger partial charge >= 0.3 is 10.2 Å². The van der Waals surface area contributed by atoms with Crippen LogP contribution in [-0.4, -0.2) is 30.8 Å². The first-order valence-corrected chi connectivity index (χ1v) is 7.51. The summed E-state index contributed by atoms with van der Waals surface area (Å²) in [7, 11) is -3.51.